The van der Waals surface area contributed by atoms with Gasteiger partial charge in [0.15, 0.2) is 0 Å². The third kappa shape index (κ3) is 1.48. The molecular weight excluding hydrogens is 228 g/mol. The van der Waals surface area contributed by atoms with E-state index in [1.807, 2.05) is 6.92 Å². The molecule has 0 heterocycles. The van der Waals surface area contributed by atoms with Crippen LogP contribution in [0, 0.1) is 6.92 Å². The van der Waals surface area contributed by atoms with Crippen LogP contribution in [0.4, 0.5) is 0 Å². The zero-order valence-corrected chi connectivity index (χ0v) is 9.32. The molecule has 2 heteroatoms. The summed E-state index contributed by atoms with van der Waals surface area (Å²) in [5.41, 5.74) is 3.84. The average molecular weight is 241 g/mol. The first-order valence-electron chi connectivity index (χ1n) is 4.70. The van der Waals surface area contributed by atoms with Crippen LogP contribution < -0.4 is 0 Å². The van der Waals surface area contributed by atoms with E-state index in [1.54, 1.807) is 0 Å². The Bertz CT molecular complexity index is 344. The molecule has 0 unspecified atom stereocenters. The van der Waals surface area contributed by atoms with Crippen LogP contribution in [0.3, 0.4) is 0 Å². The second-order valence-corrected chi connectivity index (χ2v) is 4.53. The van der Waals surface area contributed by atoms with Crippen LogP contribution in [0.15, 0.2) is 10.5 Å². The first-order valence-corrected chi connectivity index (χ1v) is 5.49. The van der Waals surface area contributed by atoms with Gasteiger partial charge in [-0.3, -0.25) is 0 Å². The Morgan fingerprint density at radius 1 is 1.31 bits per heavy atom. The summed E-state index contributed by atoms with van der Waals surface area (Å²) in [4.78, 5) is 0. The maximum Gasteiger partial charge on any atom is 0.132 e. The van der Waals surface area contributed by atoms with Crippen LogP contribution in [0.5, 0.6) is 5.75 Å². The molecule has 2 rings (SSSR count). The van der Waals surface area contributed by atoms with Crippen molar-refractivity contribution in [3.05, 3.63) is 27.2 Å². The zero-order valence-electron chi connectivity index (χ0n) is 7.73. The molecule has 1 aliphatic carbocycles. The SMILES string of the molecule is Cc1c(O)c(Br)cc2c1CCCC2. The normalized spacial score (nSPS) is 15.5. The number of hydrogen-bond donors (Lipinski definition) is 1. The summed E-state index contributed by atoms with van der Waals surface area (Å²) in [6.07, 6.45) is 4.83. The van der Waals surface area contributed by atoms with Crippen LogP contribution in [0.1, 0.15) is 29.5 Å². The van der Waals surface area contributed by atoms with Gasteiger partial charge in [0.2, 0.25) is 0 Å². The quantitative estimate of drug-likeness (QED) is 0.738. The summed E-state index contributed by atoms with van der Waals surface area (Å²) >= 11 is 3.38. The van der Waals surface area contributed by atoms with Crippen molar-refractivity contribution in [1.82, 2.24) is 0 Å². The van der Waals surface area contributed by atoms with Gasteiger partial charge in [0.25, 0.3) is 0 Å². The molecule has 70 valence electrons. The molecule has 1 aromatic rings. The van der Waals surface area contributed by atoms with E-state index in [-0.39, 0.29) is 0 Å². The van der Waals surface area contributed by atoms with Gasteiger partial charge in [0.1, 0.15) is 5.75 Å². The molecule has 0 bridgehead atoms. The van der Waals surface area contributed by atoms with Gasteiger partial charge in [-0.05, 0) is 71.3 Å². The highest BCUT2D eigenvalue weighted by Gasteiger charge is 2.15. The van der Waals surface area contributed by atoms with Crippen LogP contribution in [0.25, 0.3) is 0 Å². The number of phenolic OH excluding ortho intramolecular Hbond substituents is 1. The standard InChI is InChI=1S/C11H13BrO/c1-7-9-5-3-2-4-8(9)6-10(12)11(7)13/h6,13H,2-5H2,1H3. The highest BCUT2D eigenvalue weighted by Crippen LogP contribution is 2.35. The minimum Gasteiger partial charge on any atom is -0.506 e. The van der Waals surface area contributed by atoms with E-state index in [0.717, 1.165) is 22.9 Å². The molecule has 1 N–H and O–H groups in total. The predicted molar refractivity (Wildman–Crippen MR) is 57.2 cm³/mol. The lowest BCUT2D eigenvalue weighted by atomic mass is 9.88. The molecule has 0 saturated carbocycles. The van der Waals surface area contributed by atoms with Gasteiger partial charge in [-0.1, -0.05) is 0 Å². The maximum atomic E-state index is 9.72. The van der Waals surface area contributed by atoms with Crippen molar-refractivity contribution in [2.45, 2.75) is 32.6 Å². The lowest BCUT2D eigenvalue weighted by Crippen LogP contribution is -2.04. The topological polar surface area (TPSA) is 20.2 Å². The van der Waals surface area contributed by atoms with Gasteiger partial charge in [-0.2, -0.15) is 0 Å². The van der Waals surface area contributed by atoms with Crippen LogP contribution in [-0.2, 0) is 12.8 Å². The number of phenols is 1. The Kier molecular flexibility index (Phi) is 2.33. The number of halogens is 1. The second kappa shape index (κ2) is 3.33. The first-order chi connectivity index (χ1) is 6.20. The van der Waals surface area contributed by atoms with E-state index >= 15 is 0 Å². The average Bonchev–Trinajstić information content (AvgIpc) is 2.15. The predicted octanol–water partition coefficient (Wildman–Crippen LogP) is 3.34. The van der Waals surface area contributed by atoms with Gasteiger partial charge in [0, 0.05) is 0 Å². The van der Waals surface area contributed by atoms with Gasteiger partial charge in [-0.15, -0.1) is 0 Å². The lowest BCUT2D eigenvalue weighted by molar-refractivity contribution is 0.465. The van der Waals surface area contributed by atoms with Gasteiger partial charge >= 0.3 is 0 Å². The van der Waals surface area contributed by atoms with Gasteiger partial charge in [0.05, 0.1) is 4.47 Å². The van der Waals surface area contributed by atoms with Crippen LogP contribution >= 0.6 is 15.9 Å². The minimum atomic E-state index is 0.417. The van der Waals surface area contributed by atoms with E-state index in [1.165, 1.54) is 24.0 Å². The van der Waals surface area contributed by atoms with Gasteiger partial charge in [-0.25, -0.2) is 0 Å². The third-order valence-electron chi connectivity index (χ3n) is 2.85. The van der Waals surface area contributed by atoms with E-state index < -0.39 is 0 Å². The summed E-state index contributed by atoms with van der Waals surface area (Å²) in [6.45, 7) is 2.00. The molecule has 1 aromatic carbocycles. The Morgan fingerprint density at radius 3 is 2.77 bits per heavy atom. The van der Waals surface area contributed by atoms with Crippen molar-refractivity contribution in [3.8, 4) is 5.75 Å². The molecule has 0 amide bonds. The maximum absolute atomic E-state index is 9.72. The number of hydrogen-bond acceptors (Lipinski definition) is 1. The fraction of sp³-hybridized carbons (Fsp3) is 0.455. The number of rotatable bonds is 0. The van der Waals surface area contributed by atoms with Crippen molar-refractivity contribution in [2.75, 3.05) is 0 Å². The molecular formula is C11H13BrO. The van der Waals surface area contributed by atoms with E-state index in [4.69, 9.17) is 0 Å². The largest absolute Gasteiger partial charge is 0.506 e. The van der Waals surface area contributed by atoms with E-state index in [2.05, 4.69) is 22.0 Å². The van der Waals surface area contributed by atoms with Crippen molar-refractivity contribution >= 4 is 15.9 Å². The Morgan fingerprint density at radius 2 is 2.00 bits per heavy atom. The first kappa shape index (κ1) is 9.07. The molecule has 1 aliphatic rings. The highest BCUT2D eigenvalue weighted by atomic mass is 79.9. The minimum absolute atomic E-state index is 0.417. The Hall–Kier alpha value is -0.500. The molecule has 0 atom stereocenters. The highest BCUT2D eigenvalue weighted by molar-refractivity contribution is 9.10. The summed E-state index contributed by atoms with van der Waals surface area (Å²) in [5.74, 6) is 0.417. The smallest absolute Gasteiger partial charge is 0.132 e. The summed E-state index contributed by atoms with van der Waals surface area (Å²) < 4.78 is 0.839. The number of benzene rings is 1. The van der Waals surface area contributed by atoms with Crippen molar-refractivity contribution in [2.24, 2.45) is 0 Å². The van der Waals surface area contributed by atoms with Crippen molar-refractivity contribution in [3.63, 3.8) is 0 Å². The van der Waals surface area contributed by atoms with Crippen molar-refractivity contribution < 1.29 is 5.11 Å². The molecule has 0 aromatic heterocycles. The fourth-order valence-electron chi connectivity index (χ4n) is 2.06. The Balaban J connectivity index is 2.60. The molecule has 13 heavy (non-hydrogen) atoms. The number of aromatic hydroxyl groups is 1. The van der Waals surface area contributed by atoms with Gasteiger partial charge < -0.3 is 5.11 Å². The zero-order chi connectivity index (χ0) is 9.42. The monoisotopic (exact) mass is 240 g/mol. The van der Waals surface area contributed by atoms with Crippen LogP contribution in [0.2, 0.25) is 0 Å². The van der Waals surface area contributed by atoms with E-state index in [0.29, 0.717) is 5.75 Å². The fourth-order valence-corrected chi connectivity index (χ4v) is 2.63. The van der Waals surface area contributed by atoms with Crippen LogP contribution in [-0.4, -0.2) is 5.11 Å². The van der Waals surface area contributed by atoms with Crippen molar-refractivity contribution in [1.29, 1.82) is 0 Å². The number of fused-ring (bicyclic) bond motifs is 1. The molecule has 0 fully saturated rings. The summed E-state index contributed by atoms with van der Waals surface area (Å²) in [7, 11) is 0. The molecule has 0 radical (unpaired) electrons. The Labute approximate surface area is 86.9 Å². The molecule has 0 aliphatic heterocycles. The lowest BCUT2D eigenvalue weighted by Gasteiger charge is -2.19. The summed E-state index contributed by atoms with van der Waals surface area (Å²) in [5, 5.41) is 9.72. The third-order valence-corrected chi connectivity index (χ3v) is 3.45. The molecule has 0 spiro atoms. The second-order valence-electron chi connectivity index (χ2n) is 3.68. The molecule has 0 saturated heterocycles. The number of aryl methyl sites for hydroxylation is 1. The van der Waals surface area contributed by atoms with E-state index in [9.17, 15) is 5.11 Å². The summed E-state index contributed by atoms with van der Waals surface area (Å²) in [6, 6.07) is 2.07. The molecule has 1 nitrogen and oxygen atoms in total.